The van der Waals surface area contributed by atoms with Crippen molar-refractivity contribution >= 4 is 44.4 Å². The van der Waals surface area contributed by atoms with Gasteiger partial charge in [-0.25, -0.2) is 13.8 Å². The number of ether oxygens (including phenoxy) is 1. The Labute approximate surface area is 194 Å². The monoisotopic (exact) mass is 477 g/mol. The van der Waals surface area contributed by atoms with Crippen molar-refractivity contribution in [3.05, 3.63) is 53.6 Å². The molecule has 0 radical (unpaired) electrons. The van der Waals surface area contributed by atoms with Crippen molar-refractivity contribution < 1.29 is 18.3 Å². The Hall–Kier alpha value is -2.07. The Morgan fingerprint density at radius 2 is 2.03 bits per heavy atom. The van der Waals surface area contributed by atoms with Crippen LogP contribution in [0.5, 0.6) is 0 Å². The zero-order chi connectivity index (χ0) is 22.5. The lowest BCUT2D eigenvalue weighted by molar-refractivity contribution is 0.0376. The number of morpholine rings is 1. The van der Waals surface area contributed by atoms with Gasteiger partial charge in [-0.3, -0.25) is 14.6 Å². The highest BCUT2D eigenvalue weighted by molar-refractivity contribution is 7.99. The summed E-state index contributed by atoms with van der Waals surface area (Å²) < 4.78 is 33.8. The maximum atomic E-state index is 14.3. The standard InChI is InChI=1S/C23H25F2N3O2S2/c1-2-31-19-7-4-3-6-17(19)22(29)28(9-5-8-27-10-12-30-13-11-27)23-26-21-18(25)14-16(24)15-20(21)32-23/h3-4,6-7,14-15H,2,5,8-13H2,1H3. The first kappa shape index (κ1) is 23.1. The number of anilines is 1. The van der Waals surface area contributed by atoms with Gasteiger partial charge in [-0.15, -0.1) is 11.8 Å². The second-order valence-corrected chi connectivity index (χ2v) is 9.74. The number of thiazole rings is 1. The van der Waals surface area contributed by atoms with Gasteiger partial charge < -0.3 is 4.74 Å². The van der Waals surface area contributed by atoms with Crippen LogP contribution < -0.4 is 4.90 Å². The molecule has 170 valence electrons. The number of hydrogen-bond donors (Lipinski definition) is 0. The fraction of sp³-hybridized carbons (Fsp3) is 0.391. The van der Waals surface area contributed by atoms with Gasteiger partial charge in [0.15, 0.2) is 10.9 Å². The van der Waals surface area contributed by atoms with Crippen LogP contribution in [0.25, 0.3) is 10.2 Å². The molecule has 5 nitrogen and oxygen atoms in total. The number of rotatable bonds is 8. The third-order valence-electron chi connectivity index (χ3n) is 5.26. The van der Waals surface area contributed by atoms with E-state index in [1.54, 1.807) is 16.7 Å². The summed E-state index contributed by atoms with van der Waals surface area (Å²) in [4.78, 5) is 22.8. The average Bonchev–Trinajstić information content (AvgIpc) is 3.22. The highest BCUT2D eigenvalue weighted by Gasteiger charge is 2.24. The van der Waals surface area contributed by atoms with E-state index in [9.17, 15) is 13.6 Å². The van der Waals surface area contributed by atoms with Crippen LogP contribution in [0.2, 0.25) is 0 Å². The third-order valence-corrected chi connectivity index (χ3v) is 7.24. The molecule has 0 atom stereocenters. The van der Waals surface area contributed by atoms with Gasteiger partial charge in [-0.05, 0) is 30.4 Å². The van der Waals surface area contributed by atoms with Gasteiger partial charge in [0.05, 0.1) is 23.5 Å². The van der Waals surface area contributed by atoms with Crippen molar-refractivity contribution in [2.75, 3.05) is 50.0 Å². The highest BCUT2D eigenvalue weighted by atomic mass is 32.2. The number of aromatic nitrogens is 1. The summed E-state index contributed by atoms with van der Waals surface area (Å²) in [7, 11) is 0. The quantitative estimate of drug-likeness (QED) is 0.425. The van der Waals surface area contributed by atoms with Crippen molar-refractivity contribution in [2.24, 2.45) is 0 Å². The molecule has 1 aliphatic rings. The Morgan fingerprint density at radius 3 is 2.81 bits per heavy atom. The molecule has 0 spiro atoms. The molecule has 0 aliphatic carbocycles. The molecular weight excluding hydrogens is 452 g/mol. The van der Waals surface area contributed by atoms with Crippen molar-refractivity contribution in [3.63, 3.8) is 0 Å². The minimum atomic E-state index is -0.717. The first-order valence-corrected chi connectivity index (χ1v) is 12.5. The van der Waals surface area contributed by atoms with E-state index in [2.05, 4.69) is 9.88 Å². The summed E-state index contributed by atoms with van der Waals surface area (Å²) in [5, 5.41) is 0.382. The SMILES string of the molecule is CCSc1ccccc1C(=O)N(CCCN1CCOCC1)c1nc2c(F)cc(F)cc2s1. The number of amides is 1. The number of carbonyl (C=O) groups is 1. The van der Waals surface area contributed by atoms with E-state index in [1.807, 2.05) is 31.2 Å². The fourth-order valence-corrected chi connectivity index (χ4v) is 5.52. The Balaban J connectivity index is 1.63. The highest BCUT2D eigenvalue weighted by Crippen LogP contribution is 2.33. The van der Waals surface area contributed by atoms with Crippen LogP contribution in [0.3, 0.4) is 0 Å². The molecule has 0 unspecified atom stereocenters. The smallest absolute Gasteiger partial charge is 0.261 e. The molecule has 0 saturated carbocycles. The largest absolute Gasteiger partial charge is 0.379 e. The van der Waals surface area contributed by atoms with Gasteiger partial charge in [-0.1, -0.05) is 30.4 Å². The second kappa shape index (κ2) is 10.7. The van der Waals surface area contributed by atoms with Crippen LogP contribution in [0.4, 0.5) is 13.9 Å². The number of fused-ring (bicyclic) bond motifs is 1. The van der Waals surface area contributed by atoms with E-state index in [-0.39, 0.29) is 11.4 Å². The number of halogens is 2. The number of thioether (sulfide) groups is 1. The zero-order valence-corrected chi connectivity index (χ0v) is 19.5. The molecule has 1 saturated heterocycles. The molecule has 1 amide bonds. The molecule has 2 aromatic carbocycles. The Bertz CT molecular complexity index is 1090. The summed E-state index contributed by atoms with van der Waals surface area (Å²) in [6.07, 6.45) is 0.738. The van der Waals surface area contributed by atoms with E-state index >= 15 is 0 Å². The molecule has 0 N–H and O–H groups in total. The predicted octanol–water partition coefficient (Wildman–Crippen LogP) is 5.06. The van der Waals surface area contributed by atoms with Gasteiger partial charge in [0, 0.05) is 37.1 Å². The maximum Gasteiger partial charge on any atom is 0.261 e. The number of carbonyl (C=O) groups excluding carboxylic acids is 1. The minimum Gasteiger partial charge on any atom is -0.379 e. The molecule has 4 rings (SSSR count). The maximum absolute atomic E-state index is 14.3. The van der Waals surface area contributed by atoms with E-state index in [1.165, 1.54) is 6.07 Å². The first-order valence-electron chi connectivity index (χ1n) is 10.7. The second-order valence-electron chi connectivity index (χ2n) is 7.42. The van der Waals surface area contributed by atoms with Gasteiger partial charge >= 0.3 is 0 Å². The van der Waals surface area contributed by atoms with Crippen LogP contribution in [0, 0.1) is 11.6 Å². The minimum absolute atomic E-state index is 0.0913. The lowest BCUT2D eigenvalue weighted by Gasteiger charge is -2.28. The van der Waals surface area contributed by atoms with Crippen LogP contribution in [0.1, 0.15) is 23.7 Å². The number of hydrogen-bond acceptors (Lipinski definition) is 6. The fourth-order valence-electron chi connectivity index (χ4n) is 3.69. The molecule has 2 heterocycles. The molecule has 1 aromatic heterocycles. The first-order chi connectivity index (χ1) is 15.6. The molecule has 3 aromatic rings. The molecule has 0 bridgehead atoms. The van der Waals surface area contributed by atoms with Crippen molar-refractivity contribution in [1.29, 1.82) is 0 Å². The van der Waals surface area contributed by atoms with Gasteiger partial charge in [0.2, 0.25) is 0 Å². The van der Waals surface area contributed by atoms with Crippen LogP contribution in [-0.4, -0.2) is 60.9 Å². The van der Waals surface area contributed by atoms with Gasteiger partial charge in [0.1, 0.15) is 11.3 Å². The summed E-state index contributed by atoms with van der Waals surface area (Å²) in [5.74, 6) is -0.707. The number of benzene rings is 2. The van der Waals surface area contributed by atoms with Crippen molar-refractivity contribution in [3.8, 4) is 0 Å². The Morgan fingerprint density at radius 1 is 1.25 bits per heavy atom. The van der Waals surface area contributed by atoms with E-state index in [0.717, 1.165) is 54.1 Å². The van der Waals surface area contributed by atoms with E-state index in [0.29, 0.717) is 35.2 Å². The molecular formula is C23H25F2N3O2S2. The lowest BCUT2D eigenvalue weighted by atomic mass is 10.2. The summed E-state index contributed by atoms with van der Waals surface area (Å²) in [6, 6.07) is 9.57. The third kappa shape index (κ3) is 5.28. The summed E-state index contributed by atoms with van der Waals surface area (Å²) >= 11 is 2.74. The van der Waals surface area contributed by atoms with Crippen LogP contribution in [0.15, 0.2) is 41.3 Å². The van der Waals surface area contributed by atoms with E-state index < -0.39 is 11.6 Å². The summed E-state index contributed by atoms with van der Waals surface area (Å²) in [6.45, 7) is 6.47. The van der Waals surface area contributed by atoms with Crippen molar-refractivity contribution in [2.45, 2.75) is 18.2 Å². The molecule has 1 aliphatic heterocycles. The molecule has 9 heteroatoms. The average molecular weight is 478 g/mol. The lowest BCUT2D eigenvalue weighted by Crippen LogP contribution is -2.39. The van der Waals surface area contributed by atoms with Crippen LogP contribution >= 0.6 is 23.1 Å². The van der Waals surface area contributed by atoms with Gasteiger partial charge in [-0.2, -0.15) is 0 Å². The normalized spacial score (nSPS) is 14.7. The van der Waals surface area contributed by atoms with Crippen LogP contribution in [-0.2, 0) is 4.74 Å². The van der Waals surface area contributed by atoms with Gasteiger partial charge in [0.25, 0.3) is 5.91 Å². The zero-order valence-electron chi connectivity index (χ0n) is 17.9. The molecule has 32 heavy (non-hydrogen) atoms. The summed E-state index contributed by atoms with van der Waals surface area (Å²) in [5.41, 5.74) is 0.685. The van der Waals surface area contributed by atoms with E-state index in [4.69, 9.17) is 4.74 Å². The number of nitrogens with zero attached hydrogens (tertiary/aromatic N) is 3. The predicted molar refractivity (Wildman–Crippen MR) is 126 cm³/mol. The van der Waals surface area contributed by atoms with Crippen molar-refractivity contribution in [1.82, 2.24) is 9.88 Å². The topological polar surface area (TPSA) is 45.7 Å². The Kier molecular flexibility index (Phi) is 7.72. The molecule has 1 fully saturated rings.